The number of piperidine rings is 1. The summed E-state index contributed by atoms with van der Waals surface area (Å²) in [5.74, 6) is 0. The van der Waals surface area contributed by atoms with E-state index in [1.165, 1.54) is 24.9 Å². The van der Waals surface area contributed by atoms with Gasteiger partial charge in [0.2, 0.25) is 0 Å². The maximum Gasteiger partial charge on any atom is 0.0686 e. The van der Waals surface area contributed by atoms with Crippen molar-refractivity contribution in [3.8, 4) is 0 Å². The Bertz CT molecular complexity index is 302. The van der Waals surface area contributed by atoms with E-state index < -0.39 is 0 Å². The summed E-state index contributed by atoms with van der Waals surface area (Å²) in [4.78, 5) is 6.53. The van der Waals surface area contributed by atoms with E-state index in [9.17, 15) is 0 Å². The van der Waals surface area contributed by atoms with Gasteiger partial charge in [-0.3, -0.25) is 4.98 Å². The van der Waals surface area contributed by atoms with Crippen LogP contribution in [-0.4, -0.2) is 18.1 Å². The predicted molar refractivity (Wildman–Crippen MR) is 65.7 cm³/mol. The third-order valence-electron chi connectivity index (χ3n) is 2.50. The van der Waals surface area contributed by atoms with Crippen molar-refractivity contribution in [2.45, 2.75) is 19.3 Å². The summed E-state index contributed by atoms with van der Waals surface area (Å²) in [6.07, 6.45) is 7.66. The molecule has 14 heavy (non-hydrogen) atoms. The number of anilines is 1. The fraction of sp³-hybridized carbons (Fsp3) is 0.500. The molecule has 1 fully saturated rings. The molecule has 2 nitrogen and oxygen atoms in total. The first-order valence-electron chi connectivity index (χ1n) is 4.83. The fourth-order valence-corrected chi connectivity index (χ4v) is 3.26. The second-order valence-corrected chi connectivity index (χ2v) is 5.21. The Labute approximate surface area is 101 Å². The highest BCUT2D eigenvalue weighted by Crippen LogP contribution is 2.34. The van der Waals surface area contributed by atoms with Crippen molar-refractivity contribution in [3.63, 3.8) is 0 Å². The van der Waals surface area contributed by atoms with Crippen molar-refractivity contribution < 1.29 is 0 Å². The van der Waals surface area contributed by atoms with Crippen LogP contribution in [0.5, 0.6) is 0 Å². The molecule has 1 aromatic rings. The lowest BCUT2D eigenvalue weighted by Crippen LogP contribution is -2.30. The van der Waals surface area contributed by atoms with Crippen LogP contribution in [0.4, 0.5) is 5.69 Å². The van der Waals surface area contributed by atoms with Gasteiger partial charge in [-0.05, 0) is 51.1 Å². The minimum absolute atomic E-state index is 1.08. The molecule has 0 unspecified atom stereocenters. The zero-order valence-corrected chi connectivity index (χ0v) is 11.0. The average molecular weight is 320 g/mol. The van der Waals surface area contributed by atoms with E-state index in [-0.39, 0.29) is 0 Å². The zero-order chi connectivity index (χ0) is 9.97. The molecular weight excluding hydrogens is 308 g/mol. The van der Waals surface area contributed by atoms with Gasteiger partial charge in [0.05, 0.1) is 14.6 Å². The van der Waals surface area contributed by atoms with Gasteiger partial charge in [0.25, 0.3) is 0 Å². The van der Waals surface area contributed by atoms with Crippen LogP contribution in [0, 0.1) is 0 Å². The van der Waals surface area contributed by atoms with Crippen molar-refractivity contribution >= 4 is 37.5 Å². The molecule has 0 bridgehead atoms. The summed E-state index contributed by atoms with van der Waals surface area (Å²) < 4.78 is 2.16. The predicted octanol–water partition coefficient (Wildman–Crippen LogP) is 3.60. The monoisotopic (exact) mass is 318 g/mol. The third kappa shape index (κ3) is 2.11. The Hall–Kier alpha value is -0.0900. The van der Waals surface area contributed by atoms with E-state index in [2.05, 4.69) is 41.7 Å². The van der Waals surface area contributed by atoms with E-state index >= 15 is 0 Å². The molecule has 2 rings (SSSR count). The molecule has 1 saturated heterocycles. The molecule has 0 aromatic carbocycles. The molecule has 0 spiro atoms. The van der Waals surface area contributed by atoms with Crippen molar-refractivity contribution in [2.75, 3.05) is 18.0 Å². The van der Waals surface area contributed by atoms with Crippen LogP contribution in [0.25, 0.3) is 0 Å². The second-order valence-electron chi connectivity index (χ2n) is 3.50. The third-order valence-corrected chi connectivity index (χ3v) is 3.66. The van der Waals surface area contributed by atoms with Gasteiger partial charge in [-0.25, -0.2) is 0 Å². The molecular formula is C10H12Br2N2. The van der Waals surface area contributed by atoms with E-state index in [1.807, 2.05) is 12.4 Å². The van der Waals surface area contributed by atoms with Crippen molar-refractivity contribution in [2.24, 2.45) is 0 Å². The maximum absolute atomic E-state index is 4.12. The summed E-state index contributed by atoms with van der Waals surface area (Å²) in [5.41, 5.74) is 1.25. The highest BCUT2D eigenvalue weighted by Gasteiger charge is 2.16. The molecule has 76 valence electrons. The molecule has 2 heterocycles. The quantitative estimate of drug-likeness (QED) is 0.786. The Morgan fingerprint density at radius 1 is 1.00 bits per heavy atom. The van der Waals surface area contributed by atoms with Gasteiger partial charge in [-0.1, -0.05) is 0 Å². The molecule has 1 aliphatic rings. The normalized spacial score (nSPS) is 17.1. The topological polar surface area (TPSA) is 16.1 Å². The van der Waals surface area contributed by atoms with Gasteiger partial charge in [0.15, 0.2) is 0 Å². The maximum atomic E-state index is 4.12. The molecule has 1 aromatic heterocycles. The standard InChI is InChI=1S/C10H12Br2N2/c11-8-6-13-7-9(12)10(8)14-4-2-1-3-5-14/h6-7H,1-5H2. The number of nitrogens with zero attached hydrogens (tertiary/aromatic N) is 2. The van der Waals surface area contributed by atoms with Crippen LogP contribution in [0.15, 0.2) is 21.3 Å². The highest BCUT2D eigenvalue weighted by molar-refractivity contribution is 9.11. The lowest BCUT2D eigenvalue weighted by Gasteiger charge is -2.30. The average Bonchev–Trinajstić information content (AvgIpc) is 2.19. The number of hydrogen-bond donors (Lipinski definition) is 0. The van der Waals surface area contributed by atoms with Crippen LogP contribution in [0.3, 0.4) is 0 Å². The summed E-state index contributed by atoms with van der Waals surface area (Å²) in [5, 5.41) is 0. The number of rotatable bonds is 1. The molecule has 0 atom stereocenters. The van der Waals surface area contributed by atoms with Gasteiger partial charge < -0.3 is 4.90 Å². The Kier molecular flexibility index (Phi) is 3.44. The summed E-state index contributed by atoms with van der Waals surface area (Å²) >= 11 is 7.10. The van der Waals surface area contributed by atoms with Crippen LogP contribution in [-0.2, 0) is 0 Å². The van der Waals surface area contributed by atoms with Crippen molar-refractivity contribution in [3.05, 3.63) is 21.3 Å². The second kappa shape index (κ2) is 4.62. The molecule has 0 radical (unpaired) electrons. The molecule has 1 aliphatic heterocycles. The van der Waals surface area contributed by atoms with Crippen LogP contribution >= 0.6 is 31.9 Å². The summed E-state index contributed by atoms with van der Waals surface area (Å²) in [6, 6.07) is 0. The van der Waals surface area contributed by atoms with Crippen molar-refractivity contribution in [1.82, 2.24) is 4.98 Å². The molecule has 0 N–H and O–H groups in total. The van der Waals surface area contributed by atoms with E-state index in [0.29, 0.717) is 0 Å². The molecule has 0 amide bonds. The van der Waals surface area contributed by atoms with E-state index in [4.69, 9.17) is 0 Å². The first-order chi connectivity index (χ1) is 6.79. The van der Waals surface area contributed by atoms with Gasteiger partial charge in [0, 0.05) is 25.5 Å². The minimum Gasteiger partial charge on any atom is -0.370 e. The summed E-state index contributed by atoms with van der Waals surface area (Å²) in [7, 11) is 0. The minimum atomic E-state index is 1.08. The number of halogens is 2. The Morgan fingerprint density at radius 2 is 1.57 bits per heavy atom. The van der Waals surface area contributed by atoms with Gasteiger partial charge in [-0.15, -0.1) is 0 Å². The van der Waals surface area contributed by atoms with Gasteiger partial charge in [0.1, 0.15) is 0 Å². The number of pyridine rings is 1. The first kappa shape index (κ1) is 10.4. The van der Waals surface area contributed by atoms with E-state index in [0.717, 1.165) is 22.0 Å². The highest BCUT2D eigenvalue weighted by atomic mass is 79.9. The Balaban J connectivity index is 2.29. The van der Waals surface area contributed by atoms with Crippen molar-refractivity contribution in [1.29, 1.82) is 0 Å². The van der Waals surface area contributed by atoms with Crippen LogP contribution < -0.4 is 4.90 Å². The fourth-order valence-electron chi connectivity index (χ4n) is 1.82. The van der Waals surface area contributed by atoms with Gasteiger partial charge in [-0.2, -0.15) is 0 Å². The molecule has 0 saturated carbocycles. The summed E-state index contributed by atoms with van der Waals surface area (Å²) in [6.45, 7) is 2.31. The number of aromatic nitrogens is 1. The lowest BCUT2D eigenvalue weighted by molar-refractivity contribution is 0.576. The zero-order valence-electron chi connectivity index (χ0n) is 7.84. The largest absolute Gasteiger partial charge is 0.370 e. The molecule has 4 heteroatoms. The SMILES string of the molecule is Brc1cncc(Br)c1N1CCCCC1. The smallest absolute Gasteiger partial charge is 0.0686 e. The van der Waals surface area contributed by atoms with Crippen LogP contribution in [0.2, 0.25) is 0 Å². The number of hydrogen-bond acceptors (Lipinski definition) is 2. The van der Waals surface area contributed by atoms with E-state index in [1.54, 1.807) is 0 Å². The first-order valence-corrected chi connectivity index (χ1v) is 6.41. The van der Waals surface area contributed by atoms with Gasteiger partial charge >= 0.3 is 0 Å². The van der Waals surface area contributed by atoms with Crippen LogP contribution in [0.1, 0.15) is 19.3 Å². The Morgan fingerprint density at radius 3 is 2.14 bits per heavy atom. The lowest BCUT2D eigenvalue weighted by atomic mass is 10.1. The molecule has 0 aliphatic carbocycles.